The fourth-order valence-corrected chi connectivity index (χ4v) is 1.61. The number of carbonyl (C=O) groups excluding carboxylic acids is 1. The Morgan fingerprint density at radius 3 is 2.94 bits per heavy atom. The van der Waals surface area contributed by atoms with Gasteiger partial charge < -0.3 is 5.11 Å². The zero-order chi connectivity index (χ0) is 12.3. The topological polar surface area (TPSA) is 37.3 Å². The Kier molecular flexibility index (Phi) is 3.32. The Balaban J connectivity index is 2.22. The lowest BCUT2D eigenvalue weighted by Crippen LogP contribution is -1.95. The Hall–Kier alpha value is -1.98. The van der Waals surface area contributed by atoms with Crippen LogP contribution in [0.15, 0.2) is 42.0 Å². The summed E-state index contributed by atoms with van der Waals surface area (Å²) in [6.07, 6.45) is 6.47. The normalized spacial score (nSPS) is 12.9. The maximum atomic E-state index is 11.7. The van der Waals surface area contributed by atoms with E-state index >= 15 is 0 Å². The van der Waals surface area contributed by atoms with Crippen LogP contribution in [0.1, 0.15) is 16.8 Å². The summed E-state index contributed by atoms with van der Waals surface area (Å²) in [5.74, 6) is 4.73. The van der Waals surface area contributed by atoms with Crippen molar-refractivity contribution >= 4 is 17.4 Å². The smallest absolute Gasteiger partial charge is 0.240 e. The zero-order valence-electron chi connectivity index (χ0n) is 8.90. The highest BCUT2D eigenvalue weighted by molar-refractivity contribution is 6.31. The molecule has 1 aromatic rings. The number of benzene rings is 1. The van der Waals surface area contributed by atoms with Crippen molar-refractivity contribution in [1.82, 2.24) is 0 Å². The zero-order valence-corrected chi connectivity index (χ0v) is 9.66. The molecule has 0 amide bonds. The highest BCUT2D eigenvalue weighted by Crippen LogP contribution is 2.21. The predicted molar refractivity (Wildman–Crippen MR) is 67.1 cm³/mol. The summed E-state index contributed by atoms with van der Waals surface area (Å²) in [5.41, 5.74) is 1.02. The molecule has 0 heterocycles. The molecule has 2 nitrogen and oxygen atoms in total. The van der Waals surface area contributed by atoms with E-state index in [-0.39, 0.29) is 11.3 Å². The first-order valence-corrected chi connectivity index (χ1v) is 5.45. The highest BCUT2D eigenvalue weighted by atomic mass is 35.5. The van der Waals surface area contributed by atoms with Crippen LogP contribution in [-0.2, 0) is 0 Å². The van der Waals surface area contributed by atoms with Crippen LogP contribution in [0.4, 0.5) is 0 Å². The van der Waals surface area contributed by atoms with Gasteiger partial charge in [-0.15, -0.1) is 0 Å². The second-order valence-corrected chi connectivity index (χ2v) is 4.00. The number of phenolic OH excluding ortho intramolecular Hbond substituents is 1. The first-order chi connectivity index (χ1) is 8.16. The van der Waals surface area contributed by atoms with Gasteiger partial charge in [0.25, 0.3) is 0 Å². The summed E-state index contributed by atoms with van der Waals surface area (Å²) in [5, 5.41) is 9.92. The summed E-state index contributed by atoms with van der Waals surface area (Å²) in [6, 6.07) is 4.31. The largest absolute Gasteiger partial charge is 0.507 e. The minimum Gasteiger partial charge on any atom is -0.507 e. The van der Waals surface area contributed by atoms with Crippen LogP contribution in [0, 0.1) is 11.8 Å². The Morgan fingerprint density at radius 2 is 2.24 bits per heavy atom. The maximum Gasteiger partial charge on any atom is 0.240 e. The summed E-state index contributed by atoms with van der Waals surface area (Å²) >= 11 is 5.76. The van der Waals surface area contributed by atoms with E-state index in [0.717, 1.165) is 12.0 Å². The molecule has 0 fully saturated rings. The lowest BCUT2D eigenvalue weighted by atomic mass is 10.1. The summed E-state index contributed by atoms with van der Waals surface area (Å²) in [6.45, 7) is 0. The van der Waals surface area contributed by atoms with Crippen molar-refractivity contribution in [2.75, 3.05) is 0 Å². The first kappa shape index (κ1) is 11.5. The molecule has 0 radical (unpaired) electrons. The lowest BCUT2D eigenvalue weighted by molar-refractivity contribution is 0.105. The van der Waals surface area contributed by atoms with Gasteiger partial charge in [0.15, 0.2) is 0 Å². The van der Waals surface area contributed by atoms with Gasteiger partial charge in [-0.05, 0) is 30.5 Å². The molecule has 0 atom stereocenters. The van der Waals surface area contributed by atoms with E-state index in [1.165, 1.54) is 18.2 Å². The first-order valence-electron chi connectivity index (χ1n) is 5.07. The third-order valence-electron chi connectivity index (χ3n) is 2.31. The molecule has 0 bridgehead atoms. The summed E-state index contributed by atoms with van der Waals surface area (Å²) < 4.78 is 0. The molecule has 84 valence electrons. The Labute approximate surface area is 104 Å². The van der Waals surface area contributed by atoms with Crippen LogP contribution in [0.5, 0.6) is 5.75 Å². The second-order valence-electron chi connectivity index (χ2n) is 3.56. The summed E-state index contributed by atoms with van der Waals surface area (Å²) in [7, 11) is 0. The number of Topliss-reactive ketones (excluding diaryl/α,β-unsaturated/α-hetero) is 1. The molecule has 1 aliphatic rings. The van der Waals surface area contributed by atoms with Gasteiger partial charge in [-0.1, -0.05) is 35.7 Å². The van der Waals surface area contributed by atoms with Crippen molar-refractivity contribution < 1.29 is 9.90 Å². The SMILES string of the molecule is O=C(C#CC1=CC=CC1)c1cc(Cl)ccc1O. The van der Waals surface area contributed by atoms with E-state index in [4.69, 9.17) is 11.6 Å². The monoisotopic (exact) mass is 244 g/mol. The molecule has 1 aromatic carbocycles. The molecule has 3 heteroatoms. The number of hydrogen-bond acceptors (Lipinski definition) is 2. The molecular formula is C14H9ClO2. The highest BCUT2D eigenvalue weighted by Gasteiger charge is 2.09. The van der Waals surface area contributed by atoms with Crippen molar-refractivity contribution in [3.8, 4) is 17.6 Å². The number of carbonyl (C=O) groups is 1. The number of aromatic hydroxyl groups is 1. The average molecular weight is 245 g/mol. The van der Waals surface area contributed by atoms with Gasteiger partial charge in [-0.25, -0.2) is 0 Å². The van der Waals surface area contributed by atoms with Crippen LogP contribution in [0.2, 0.25) is 5.02 Å². The molecule has 2 rings (SSSR count). The van der Waals surface area contributed by atoms with E-state index in [9.17, 15) is 9.90 Å². The van der Waals surface area contributed by atoms with Crippen LogP contribution in [0.25, 0.3) is 0 Å². The quantitative estimate of drug-likeness (QED) is 0.468. The number of hydrogen-bond donors (Lipinski definition) is 1. The van der Waals surface area contributed by atoms with Crippen molar-refractivity contribution in [3.63, 3.8) is 0 Å². The number of allylic oxidation sites excluding steroid dienone is 4. The van der Waals surface area contributed by atoms with Crippen LogP contribution in [-0.4, -0.2) is 10.9 Å². The van der Waals surface area contributed by atoms with Crippen LogP contribution in [0.3, 0.4) is 0 Å². The number of rotatable bonds is 1. The maximum absolute atomic E-state index is 11.7. The van der Waals surface area contributed by atoms with E-state index < -0.39 is 5.78 Å². The van der Waals surface area contributed by atoms with Gasteiger partial charge in [0.1, 0.15) is 5.75 Å². The standard InChI is InChI=1S/C14H9ClO2/c15-11-6-8-14(17)12(9-11)13(16)7-5-10-3-1-2-4-10/h1-3,6,8-9,17H,4H2. The van der Waals surface area contributed by atoms with Gasteiger partial charge in [-0.2, -0.15) is 0 Å². The van der Waals surface area contributed by atoms with E-state index in [1.807, 2.05) is 18.2 Å². The van der Waals surface area contributed by atoms with Gasteiger partial charge in [0.2, 0.25) is 5.78 Å². The molecular weight excluding hydrogens is 236 g/mol. The molecule has 17 heavy (non-hydrogen) atoms. The average Bonchev–Trinajstić information content (AvgIpc) is 2.82. The fourth-order valence-electron chi connectivity index (χ4n) is 1.43. The van der Waals surface area contributed by atoms with Gasteiger partial charge in [0.05, 0.1) is 5.56 Å². The second kappa shape index (κ2) is 4.90. The van der Waals surface area contributed by atoms with Crippen LogP contribution < -0.4 is 0 Å². The van der Waals surface area contributed by atoms with E-state index in [1.54, 1.807) is 0 Å². The summed E-state index contributed by atoms with van der Waals surface area (Å²) in [4.78, 5) is 11.7. The molecule has 0 saturated heterocycles. The third-order valence-corrected chi connectivity index (χ3v) is 2.55. The predicted octanol–water partition coefficient (Wildman–Crippen LogP) is 3.12. The van der Waals surface area contributed by atoms with E-state index in [0.29, 0.717) is 5.02 Å². The third kappa shape index (κ3) is 2.77. The number of phenols is 1. The van der Waals surface area contributed by atoms with Crippen molar-refractivity contribution in [1.29, 1.82) is 0 Å². The molecule has 0 aliphatic heterocycles. The van der Waals surface area contributed by atoms with Crippen molar-refractivity contribution in [3.05, 3.63) is 52.6 Å². The van der Waals surface area contributed by atoms with Gasteiger partial charge in [-0.3, -0.25) is 4.79 Å². The molecule has 0 unspecified atom stereocenters. The number of halogens is 1. The van der Waals surface area contributed by atoms with Crippen molar-refractivity contribution in [2.45, 2.75) is 6.42 Å². The van der Waals surface area contributed by atoms with Crippen LogP contribution >= 0.6 is 11.6 Å². The molecule has 0 aromatic heterocycles. The van der Waals surface area contributed by atoms with Gasteiger partial charge in [0, 0.05) is 10.6 Å². The molecule has 0 spiro atoms. The lowest BCUT2D eigenvalue weighted by Gasteiger charge is -1.99. The fraction of sp³-hybridized carbons (Fsp3) is 0.0714. The molecule has 1 aliphatic carbocycles. The Bertz CT molecular complexity index is 586. The Morgan fingerprint density at radius 1 is 1.41 bits per heavy atom. The minimum atomic E-state index is -0.433. The molecule has 0 saturated carbocycles. The minimum absolute atomic E-state index is 0.104. The van der Waals surface area contributed by atoms with Crippen molar-refractivity contribution in [2.24, 2.45) is 0 Å². The molecule has 1 N–H and O–H groups in total. The van der Waals surface area contributed by atoms with Gasteiger partial charge >= 0.3 is 0 Å². The van der Waals surface area contributed by atoms with E-state index in [2.05, 4.69) is 11.8 Å². The number of ketones is 1.